The lowest BCUT2D eigenvalue weighted by Gasteiger charge is -2.59. The highest BCUT2D eigenvalue weighted by Gasteiger charge is 2.63. The van der Waals surface area contributed by atoms with Crippen LogP contribution in [0.25, 0.3) is 0 Å². The van der Waals surface area contributed by atoms with Crippen LogP contribution < -0.4 is 20.1 Å². The van der Waals surface area contributed by atoms with Crippen molar-refractivity contribution < 1.29 is 46.9 Å². The van der Waals surface area contributed by atoms with Gasteiger partial charge in [0.1, 0.15) is 35.3 Å². The Balaban J connectivity index is 1.29. The van der Waals surface area contributed by atoms with E-state index in [1.54, 1.807) is 48.5 Å². The maximum absolute atomic E-state index is 14.0. The predicted octanol–water partition coefficient (Wildman–Crippen LogP) is 8.00. The van der Waals surface area contributed by atoms with Crippen LogP contribution in [-0.2, 0) is 19.1 Å². The number of ether oxygens (including phenoxy) is 4. The van der Waals surface area contributed by atoms with Gasteiger partial charge in [-0.05, 0) is 85.6 Å². The summed E-state index contributed by atoms with van der Waals surface area (Å²) in [6.07, 6.45) is -1.93. The molecular weight excluding hydrogens is 881 g/mol. The highest BCUT2D eigenvalue weighted by molar-refractivity contribution is 9.10. The van der Waals surface area contributed by atoms with Crippen molar-refractivity contribution in [1.82, 2.24) is 10.6 Å². The van der Waals surface area contributed by atoms with Gasteiger partial charge >= 0.3 is 11.9 Å². The van der Waals surface area contributed by atoms with Crippen LogP contribution in [0, 0.1) is 11.6 Å². The lowest BCUT2D eigenvalue weighted by molar-refractivity contribution is -0.155. The summed E-state index contributed by atoms with van der Waals surface area (Å²) in [5, 5.41) is 5.69. The molecule has 0 heterocycles. The molecule has 4 atom stereocenters. The van der Waals surface area contributed by atoms with Crippen LogP contribution in [0.15, 0.2) is 93.9 Å². The Morgan fingerprint density at radius 3 is 1.35 bits per heavy atom. The monoisotopic (exact) mass is 908 g/mol. The summed E-state index contributed by atoms with van der Waals surface area (Å²) in [6.45, 7) is -1.08. The number of halogens is 6. The Kier molecular flexibility index (Phi) is 12.2. The molecule has 3 fully saturated rings. The van der Waals surface area contributed by atoms with Crippen LogP contribution in [0.2, 0.25) is 10.0 Å². The molecular formula is C38H30Br2Cl2F2N2O8. The molecule has 3 saturated carbocycles. The lowest BCUT2D eigenvalue weighted by Crippen LogP contribution is -2.76. The van der Waals surface area contributed by atoms with Gasteiger partial charge in [0.25, 0.3) is 11.8 Å². The molecule has 0 aliphatic heterocycles. The molecule has 0 aromatic heterocycles. The molecule has 2 amide bonds. The number of carbonyl (C=O) groups excluding carboxylic acids is 4. The summed E-state index contributed by atoms with van der Waals surface area (Å²) >= 11 is 18.2. The number of amides is 2. The Morgan fingerprint density at radius 2 is 1.00 bits per heavy atom. The molecule has 0 saturated heterocycles. The van der Waals surface area contributed by atoms with Crippen LogP contribution >= 0.6 is 55.1 Å². The van der Waals surface area contributed by atoms with Gasteiger partial charge in [-0.2, -0.15) is 0 Å². The zero-order valence-electron chi connectivity index (χ0n) is 28.0. The maximum Gasteiger partial charge on any atom is 0.338 e. The minimum atomic E-state index is -1.30. The van der Waals surface area contributed by atoms with Crippen LogP contribution in [0.4, 0.5) is 8.78 Å². The van der Waals surface area contributed by atoms with Gasteiger partial charge in [-0.1, -0.05) is 55.1 Å². The predicted molar refractivity (Wildman–Crippen MR) is 201 cm³/mol. The first-order valence-corrected chi connectivity index (χ1v) is 18.8. The van der Waals surface area contributed by atoms with Crippen molar-refractivity contribution in [1.29, 1.82) is 0 Å². The van der Waals surface area contributed by atoms with Gasteiger partial charge < -0.3 is 29.6 Å². The van der Waals surface area contributed by atoms with Gasteiger partial charge in [0.05, 0.1) is 32.3 Å². The average Bonchev–Trinajstić information content (AvgIpc) is 3.14. The van der Waals surface area contributed by atoms with Gasteiger partial charge in [0.2, 0.25) is 0 Å². The third-order valence-corrected chi connectivity index (χ3v) is 11.0. The summed E-state index contributed by atoms with van der Waals surface area (Å²) in [4.78, 5) is 54.2. The molecule has 7 rings (SSSR count). The number of esters is 2. The highest BCUT2D eigenvalue weighted by Crippen LogP contribution is 2.50. The topological polar surface area (TPSA) is 129 Å². The molecule has 54 heavy (non-hydrogen) atoms. The van der Waals surface area contributed by atoms with E-state index in [-0.39, 0.29) is 58.4 Å². The second-order valence-corrected chi connectivity index (χ2v) is 15.5. The van der Waals surface area contributed by atoms with Crippen molar-refractivity contribution in [3.8, 4) is 11.5 Å². The molecule has 0 unspecified atom stereocenters. The third kappa shape index (κ3) is 9.16. The Morgan fingerprint density at radius 1 is 0.630 bits per heavy atom. The van der Waals surface area contributed by atoms with Crippen molar-refractivity contribution >= 4 is 78.8 Å². The number of carbonyl (C=O) groups is 4. The molecule has 2 N–H and O–H groups in total. The van der Waals surface area contributed by atoms with E-state index >= 15 is 0 Å². The quantitative estimate of drug-likeness (QED) is 0.137. The van der Waals surface area contributed by atoms with Crippen LogP contribution in [0.3, 0.4) is 0 Å². The Bertz CT molecular complexity index is 1930. The fourth-order valence-electron chi connectivity index (χ4n) is 6.61. The Hall–Kier alpha value is -4.24. The minimum Gasteiger partial charge on any atom is -0.484 e. The highest BCUT2D eigenvalue weighted by atomic mass is 79.9. The van der Waals surface area contributed by atoms with Crippen molar-refractivity contribution in [2.75, 3.05) is 13.2 Å². The number of rotatable bonds is 12. The molecule has 3 aliphatic carbocycles. The van der Waals surface area contributed by atoms with Crippen LogP contribution in [-0.4, -0.2) is 60.3 Å². The average molecular weight is 911 g/mol. The molecule has 16 heteroatoms. The summed E-state index contributed by atoms with van der Waals surface area (Å²) in [6, 6.07) is 20.4. The molecule has 0 spiro atoms. The largest absolute Gasteiger partial charge is 0.484 e. The third-order valence-electron chi connectivity index (χ3n) is 9.31. The smallest absolute Gasteiger partial charge is 0.338 e. The Labute approximate surface area is 335 Å². The molecule has 4 aromatic carbocycles. The molecule has 282 valence electrons. The normalized spacial score (nSPS) is 21.4. The van der Waals surface area contributed by atoms with E-state index in [1.807, 2.05) is 0 Å². The summed E-state index contributed by atoms with van der Waals surface area (Å²) < 4.78 is 52.9. The minimum absolute atomic E-state index is 0.0571. The van der Waals surface area contributed by atoms with Crippen molar-refractivity contribution in [3.05, 3.63) is 127 Å². The standard InChI is InChI=1S/C38H30Br2Cl2F2N2O8/c39-23-5-1-21(2-6-23)35(49)53-31-17-38(46-34(48)20-52-26-10-12-28(42)30(44)16-26)14-13-37(31,18-32(38)54-36(50)22-3-7-24(40)8-4-22)45-33(47)19-51-25-9-11-27(41)29(43)15-25/h1-12,15-16,31-32H,13-14,17-20H2,(H,45,47)(H,46,48)/t31-,32-,37+,38+/m0/s1. The number of nitrogens with one attached hydrogen (secondary N) is 2. The van der Waals surface area contributed by atoms with E-state index < -0.39 is 71.9 Å². The molecule has 0 radical (unpaired) electrons. The van der Waals surface area contributed by atoms with Gasteiger partial charge in [-0.25, -0.2) is 18.4 Å². The zero-order chi connectivity index (χ0) is 38.6. The summed E-state index contributed by atoms with van der Waals surface area (Å²) in [5.41, 5.74) is -2.14. The van der Waals surface area contributed by atoms with E-state index in [1.165, 1.54) is 24.3 Å². The first kappa shape index (κ1) is 39.5. The van der Waals surface area contributed by atoms with E-state index in [0.29, 0.717) is 0 Å². The summed E-state index contributed by atoms with van der Waals surface area (Å²) in [7, 11) is 0. The van der Waals surface area contributed by atoms with Gasteiger partial charge in [0, 0.05) is 33.9 Å². The van der Waals surface area contributed by atoms with E-state index in [4.69, 9.17) is 42.1 Å². The first-order valence-electron chi connectivity index (χ1n) is 16.4. The summed E-state index contributed by atoms with van der Waals surface area (Å²) in [5.74, 6) is -3.99. The lowest BCUT2D eigenvalue weighted by atomic mass is 9.58. The van der Waals surface area contributed by atoms with Gasteiger partial charge in [-0.3, -0.25) is 9.59 Å². The SMILES string of the molecule is O=C(COc1ccc(Cl)c(F)c1)N[C@@]12CC[C@@](NC(=O)COc3ccc(Cl)c(F)c3)(C[C@@H]1OC(=O)c1ccc(Br)cc1)[C@@H](OC(=O)c1ccc(Br)cc1)C2. The number of hydrogen-bond acceptors (Lipinski definition) is 8. The van der Waals surface area contributed by atoms with Crippen molar-refractivity contribution in [3.63, 3.8) is 0 Å². The second kappa shape index (κ2) is 16.6. The number of hydrogen-bond donors (Lipinski definition) is 2. The molecule has 4 aromatic rings. The van der Waals surface area contributed by atoms with E-state index in [2.05, 4.69) is 42.5 Å². The van der Waals surface area contributed by atoms with E-state index in [9.17, 15) is 28.0 Å². The number of fused-ring (bicyclic) bond motifs is 3. The fraction of sp³-hybridized carbons (Fsp3) is 0.263. The second-order valence-electron chi connectivity index (χ2n) is 12.8. The van der Waals surface area contributed by atoms with Crippen molar-refractivity contribution in [2.24, 2.45) is 0 Å². The molecule has 2 bridgehead atoms. The van der Waals surface area contributed by atoms with E-state index in [0.717, 1.165) is 21.1 Å². The first-order chi connectivity index (χ1) is 25.7. The van der Waals surface area contributed by atoms with Crippen LogP contribution in [0.5, 0.6) is 11.5 Å². The number of benzene rings is 4. The maximum atomic E-state index is 14.0. The zero-order valence-corrected chi connectivity index (χ0v) is 32.7. The fourth-order valence-corrected chi connectivity index (χ4v) is 7.37. The molecule has 3 aliphatic rings. The molecule has 10 nitrogen and oxygen atoms in total. The van der Waals surface area contributed by atoms with Gasteiger partial charge in [0.15, 0.2) is 13.2 Å². The van der Waals surface area contributed by atoms with Gasteiger partial charge in [-0.15, -0.1) is 0 Å². The van der Waals surface area contributed by atoms with Crippen LogP contribution in [0.1, 0.15) is 46.4 Å². The van der Waals surface area contributed by atoms with Crippen molar-refractivity contribution in [2.45, 2.75) is 49.0 Å².